The Morgan fingerprint density at radius 3 is 2.93 bits per heavy atom. The number of nitrogens with zero attached hydrogens (tertiary/aromatic N) is 3. The van der Waals surface area contributed by atoms with Crippen LogP contribution in [-0.2, 0) is 19.9 Å². The van der Waals surface area contributed by atoms with E-state index in [1.807, 2.05) is 11.7 Å². The van der Waals surface area contributed by atoms with Crippen LogP contribution in [0.1, 0.15) is 37.8 Å². The fourth-order valence-corrected chi connectivity index (χ4v) is 2.19. The van der Waals surface area contributed by atoms with Crippen LogP contribution in [0.15, 0.2) is 0 Å². The Kier molecular flexibility index (Phi) is 3.36. The van der Waals surface area contributed by atoms with E-state index in [0.29, 0.717) is 6.04 Å². The quantitative estimate of drug-likeness (QED) is 0.807. The lowest BCUT2D eigenvalue weighted by molar-refractivity contribution is 0.394. The summed E-state index contributed by atoms with van der Waals surface area (Å²) in [6, 6.07) is 0.589. The summed E-state index contributed by atoms with van der Waals surface area (Å²) in [7, 11) is 1.98. The average Bonchev–Trinajstić information content (AvgIpc) is 2.60. The molecule has 0 bridgehead atoms. The third-order valence-electron chi connectivity index (χ3n) is 3.05. The minimum Gasteiger partial charge on any atom is -0.314 e. The van der Waals surface area contributed by atoms with Crippen molar-refractivity contribution < 1.29 is 0 Å². The summed E-state index contributed by atoms with van der Waals surface area (Å²) in [6.07, 6.45) is 5.85. The van der Waals surface area contributed by atoms with Crippen LogP contribution in [0, 0.1) is 0 Å². The van der Waals surface area contributed by atoms with Gasteiger partial charge in [0.05, 0.1) is 0 Å². The molecule has 0 aliphatic carbocycles. The smallest absolute Gasteiger partial charge is 0.152 e. The van der Waals surface area contributed by atoms with Crippen LogP contribution < -0.4 is 5.32 Å². The molecule has 4 heteroatoms. The molecule has 1 aliphatic heterocycles. The highest BCUT2D eigenvalue weighted by Gasteiger charge is 2.15. The predicted octanol–water partition coefficient (Wildman–Crippen LogP) is 1.06. The molecule has 2 rings (SSSR count). The molecule has 1 atom stereocenters. The third kappa shape index (κ3) is 2.56. The Labute approximate surface area is 91.1 Å². The first kappa shape index (κ1) is 10.6. The van der Waals surface area contributed by atoms with Crippen LogP contribution in [0.3, 0.4) is 0 Å². The Morgan fingerprint density at radius 2 is 2.33 bits per heavy atom. The van der Waals surface area contributed by atoms with Gasteiger partial charge in [-0.2, -0.15) is 5.10 Å². The van der Waals surface area contributed by atoms with E-state index in [4.69, 9.17) is 0 Å². The van der Waals surface area contributed by atoms with Crippen molar-refractivity contribution in [3.05, 3.63) is 11.6 Å². The molecule has 0 saturated carbocycles. The van der Waals surface area contributed by atoms with Gasteiger partial charge in [-0.05, 0) is 19.4 Å². The number of hydrogen-bond donors (Lipinski definition) is 1. The highest BCUT2D eigenvalue weighted by atomic mass is 15.3. The lowest BCUT2D eigenvalue weighted by Crippen LogP contribution is -2.35. The van der Waals surface area contributed by atoms with E-state index in [1.165, 1.54) is 19.3 Å². The van der Waals surface area contributed by atoms with E-state index >= 15 is 0 Å². The van der Waals surface area contributed by atoms with Crippen LogP contribution in [0.2, 0.25) is 0 Å². The Hall–Kier alpha value is -0.900. The number of rotatable bonds is 3. The molecule has 84 valence electrons. The van der Waals surface area contributed by atoms with Gasteiger partial charge in [-0.25, -0.2) is 4.98 Å². The number of piperidine rings is 1. The first-order valence-corrected chi connectivity index (χ1v) is 5.91. The molecule has 1 aliphatic rings. The van der Waals surface area contributed by atoms with Crippen LogP contribution in [0.25, 0.3) is 0 Å². The van der Waals surface area contributed by atoms with Gasteiger partial charge in [0.15, 0.2) is 5.82 Å². The number of aryl methyl sites for hydroxylation is 2. The second-order valence-electron chi connectivity index (χ2n) is 4.27. The van der Waals surface area contributed by atoms with E-state index in [9.17, 15) is 0 Å². The lowest BCUT2D eigenvalue weighted by atomic mass is 10.0. The van der Waals surface area contributed by atoms with E-state index in [1.54, 1.807) is 0 Å². The SMILES string of the molecule is CCc1nc(CC2CCCCN2)nn1C. The monoisotopic (exact) mass is 208 g/mol. The number of nitrogens with one attached hydrogen (secondary N) is 1. The summed E-state index contributed by atoms with van der Waals surface area (Å²) in [5.41, 5.74) is 0. The van der Waals surface area contributed by atoms with E-state index in [0.717, 1.165) is 31.0 Å². The average molecular weight is 208 g/mol. The van der Waals surface area contributed by atoms with Gasteiger partial charge in [0.2, 0.25) is 0 Å². The van der Waals surface area contributed by atoms with Crippen LogP contribution in [0.5, 0.6) is 0 Å². The molecule has 1 saturated heterocycles. The number of hydrogen-bond acceptors (Lipinski definition) is 3. The molecular formula is C11H20N4. The molecule has 4 nitrogen and oxygen atoms in total. The third-order valence-corrected chi connectivity index (χ3v) is 3.05. The molecule has 0 aromatic carbocycles. The molecule has 1 unspecified atom stereocenters. The summed E-state index contributed by atoms with van der Waals surface area (Å²) in [5.74, 6) is 2.08. The van der Waals surface area contributed by atoms with Gasteiger partial charge in [-0.1, -0.05) is 13.3 Å². The molecule has 0 spiro atoms. The maximum absolute atomic E-state index is 4.53. The summed E-state index contributed by atoms with van der Waals surface area (Å²) < 4.78 is 1.90. The normalized spacial score (nSPS) is 21.9. The van der Waals surface area contributed by atoms with Crippen LogP contribution in [0.4, 0.5) is 0 Å². The summed E-state index contributed by atoms with van der Waals surface area (Å²) in [6.45, 7) is 3.27. The van der Waals surface area contributed by atoms with E-state index in [2.05, 4.69) is 22.3 Å². The topological polar surface area (TPSA) is 42.7 Å². The van der Waals surface area contributed by atoms with E-state index in [-0.39, 0.29) is 0 Å². The van der Waals surface area contributed by atoms with Crippen LogP contribution >= 0.6 is 0 Å². The first-order valence-electron chi connectivity index (χ1n) is 5.91. The molecule has 15 heavy (non-hydrogen) atoms. The molecular weight excluding hydrogens is 188 g/mol. The molecule has 1 aromatic heterocycles. The van der Waals surface area contributed by atoms with Crippen molar-refractivity contribution in [1.29, 1.82) is 0 Å². The summed E-state index contributed by atoms with van der Waals surface area (Å²) >= 11 is 0. The largest absolute Gasteiger partial charge is 0.314 e. The molecule has 1 fully saturated rings. The second kappa shape index (κ2) is 4.75. The summed E-state index contributed by atoms with van der Waals surface area (Å²) in [5, 5.41) is 7.97. The predicted molar refractivity (Wildman–Crippen MR) is 59.7 cm³/mol. The molecule has 1 N–H and O–H groups in total. The van der Waals surface area contributed by atoms with Gasteiger partial charge in [0.25, 0.3) is 0 Å². The summed E-state index contributed by atoms with van der Waals surface area (Å²) in [4.78, 5) is 4.53. The highest BCUT2D eigenvalue weighted by molar-refractivity contribution is 4.95. The molecule has 0 radical (unpaired) electrons. The standard InChI is InChI=1S/C11H20N4/c1-3-11-13-10(14-15(11)2)8-9-6-4-5-7-12-9/h9,12H,3-8H2,1-2H3. The van der Waals surface area contributed by atoms with Crippen molar-refractivity contribution >= 4 is 0 Å². The van der Waals surface area contributed by atoms with Gasteiger partial charge in [0, 0.05) is 25.9 Å². The van der Waals surface area contributed by atoms with Gasteiger partial charge in [-0.3, -0.25) is 4.68 Å². The van der Waals surface area contributed by atoms with Crippen molar-refractivity contribution in [3.63, 3.8) is 0 Å². The highest BCUT2D eigenvalue weighted by Crippen LogP contribution is 2.11. The Bertz CT molecular complexity index is 312. The fraction of sp³-hybridized carbons (Fsp3) is 0.818. The van der Waals surface area contributed by atoms with Crippen molar-refractivity contribution in [3.8, 4) is 0 Å². The number of aromatic nitrogens is 3. The van der Waals surface area contributed by atoms with Crippen molar-refractivity contribution in [2.45, 2.75) is 45.1 Å². The molecule has 0 amide bonds. The van der Waals surface area contributed by atoms with Gasteiger partial charge < -0.3 is 5.32 Å². The first-order chi connectivity index (χ1) is 7.29. The maximum Gasteiger partial charge on any atom is 0.152 e. The van der Waals surface area contributed by atoms with E-state index < -0.39 is 0 Å². The minimum atomic E-state index is 0.589. The zero-order chi connectivity index (χ0) is 10.7. The van der Waals surface area contributed by atoms with Gasteiger partial charge in [0.1, 0.15) is 5.82 Å². The lowest BCUT2D eigenvalue weighted by Gasteiger charge is -2.21. The molecule has 2 heterocycles. The Morgan fingerprint density at radius 1 is 1.47 bits per heavy atom. The van der Waals surface area contributed by atoms with Crippen molar-refractivity contribution in [2.24, 2.45) is 7.05 Å². The van der Waals surface area contributed by atoms with Gasteiger partial charge in [-0.15, -0.1) is 0 Å². The van der Waals surface area contributed by atoms with Crippen LogP contribution in [-0.4, -0.2) is 27.4 Å². The Balaban J connectivity index is 1.97. The minimum absolute atomic E-state index is 0.589. The fourth-order valence-electron chi connectivity index (χ4n) is 2.19. The maximum atomic E-state index is 4.53. The van der Waals surface area contributed by atoms with Gasteiger partial charge >= 0.3 is 0 Å². The van der Waals surface area contributed by atoms with Crippen molar-refractivity contribution in [2.75, 3.05) is 6.54 Å². The zero-order valence-electron chi connectivity index (χ0n) is 9.66. The van der Waals surface area contributed by atoms with Crippen molar-refractivity contribution in [1.82, 2.24) is 20.1 Å². The second-order valence-corrected chi connectivity index (χ2v) is 4.27. The zero-order valence-corrected chi connectivity index (χ0v) is 9.66. The molecule has 1 aromatic rings.